The van der Waals surface area contributed by atoms with E-state index in [4.69, 9.17) is 32.9 Å². The number of carbonyl (C=O) groups excluding carboxylic acids is 1. The number of aliphatic hydroxyl groups is 1. The van der Waals surface area contributed by atoms with Crippen LogP contribution in [0.25, 0.3) is 33.4 Å². The number of aliphatic hydroxyl groups excluding tert-OH is 1. The number of hydrogen-bond donors (Lipinski definition) is 3. The van der Waals surface area contributed by atoms with Gasteiger partial charge in [-0.15, -0.1) is 0 Å². The number of alkyl halides is 3. The van der Waals surface area contributed by atoms with E-state index in [2.05, 4.69) is 25.5 Å². The van der Waals surface area contributed by atoms with Crippen molar-refractivity contribution in [3.05, 3.63) is 90.3 Å². The van der Waals surface area contributed by atoms with Crippen LogP contribution in [-0.2, 0) is 26.7 Å². The van der Waals surface area contributed by atoms with E-state index >= 15 is 0 Å². The van der Waals surface area contributed by atoms with Gasteiger partial charge in [0.1, 0.15) is 11.2 Å². The minimum absolute atomic E-state index is 0.0193. The minimum Gasteiger partial charge on any atom is -0.481 e. The van der Waals surface area contributed by atoms with E-state index in [0.29, 0.717) is 52.9 Å². The molecule has 19 heteroatoms. The zero-order valence-corrected chi connectivity index (χ0v) is 34.8. The number of anilines is 2. The number of pyridine rings is 1. The number of aryl methyl sites for hydroxylation is 2. The summed E-state index contributed by atoms with van der Waals surface area (Å²) in [6.45, 7) is 5.47. The molecule has 7 rings (SSSR count). The first-order valence-corrected chi connectivity index (χ1v) is 19.7. The number of halogens is 5. The monoisotopic (exact) mass is 857 g/mol. The van der Waals surface area contributed by atoms with Gasteiger partial charge in [-0.25, -0.2) is 24.5 Å². The normalized spacial score (nSPS) is 16.3. The van der Waals surface area contributed by atoms with Gasteiger partial charge in [0, 0.05) is 68.1 Å². The lowest BCUT2D eigenvalue weighted by atomic mass is 9.99. The molecule has 2 aromatic carbocycles. The van der Waals surface area contributed by atoms with Gasteiger partial charge in [0.25, 0.3) is 5.56 Å². The summed E-state index contributed by atoms with van der Waals surface area (Å²) in [5.74, 6) is -1.58. The molecule has 14 nitrogen and oxygen atoms in total. The molecular weight excluding hydrogens is 814 g/mol. The Morgan fingerprint density at radius 2 is 1.68 bits per heavy atom. The van der Waals surface area contributed by atoms with Crippen molar-refractivity contribution in [2.75, 3.05) is 45.7 Å². The van der Waals surface area contributed by atoms with E-state index in [0.717, 1.165) is 39.5 Å². The lowest BCUT2D eigenvalue weighted by molar-refractivity contribution is -0.144. The van der Waals surface area contributed by atoms with Gasteiger partial charge in [-0.2, -0.15) is 13.2 Å². The number of amides is 2. The molecule has 0 bridgehead atoms. The van der Waals surface area contributed by atoms with E-state index in [1.165, 1.54) is 20.2 Å². The van der Waals surface area contributed by atoms with Crippen molar-refractivity contribution < 1.29 is 27.8 Å². The molecule has 59 heavy (non-hydrogen) atoms. The molecule has 2 unspecified atom stereocenters. The predicted octanol–water partition coefficient (Wildman–Crippen LogP) is 6.56. The zero-order valence-electron chi connectivity index (χ0n) is 33.2. The molecule has 2 atom stereocenters. The summed E-state index contributed by atoms with van der Waals surface area (Å²) in [5, 5.41) is 15.1. The van der Waals surface area contributed by atoms with Crippen LogP contribution in [-0.4, -0.2) is 91.5 Å². The summed E-state index contributed by atoms with van der Waals surface area (Å²) < 4.78 is 49.3. The Balaban J connectivity index is 0.00000288. The Bertz CT molecular complexity index is 2530. The molecule has 0 saturated carbocycles. The predicted molar refractivity (Wildman–Crippen MR) is 221 cm³/mol. The Morgan fingerprint density at radius 3 is 2.36 bits per heavy atom. The number of aromatic nitrogens is 5. The van der Waals surface area contributed by atoms with Gasteiger partial charge < -0.3 is 25.4 Å². The minimum atomic E-state index is -4.99. The number of hydrogen-bond acceptors (Lipinski definition) is 10. The lowest BCUT2D eigenvalue weighted by Crippen LogP contribution is -2.38. The van der Waals surface area contributed by atoms with E-state index in [1.807, 2.05) is 33.0 Å². The molecule has 3 N–H and O–H groups in total. The van der Waals surface area contributed by atoms with Gasteiger partial charge in [-0.05, 0) is 44.0 Å². The maximum atomic E-state index is 13.9. The molecule has 1 saturated heterocycles. The van der Waals surface area contributed by atoms with Crippen LogP contribution in [0.3, 0.4) is 0 Å². The van der Waals surface area contributed by atoms with Crippen LogP contribution in [0.1, 0.15) is 49.7 Å². The molecule has 5 aromatic rings. The van der Waals surface area contributed by atoms with Crippen LogP contribution in [0.2, 0.25) is 10.0 Å². The molecule has 1 fully saturated rings. The van der Waals surface area contributed by atoms with E-state index in [9.17, 15) is 32.7 Å². The molecule has 4 heterocycles. The van der Waals surface area contributed by atoms with Crippen molar-refractivity contribution in [1.82, 2.24) is 39.2 Å². The van der Waals surface area contributed by atoms with Gasteiger partial charge in [0.15, 0.2) is 5.65 Å². The highest BCUT2D eigenvalue weighted by Gasteiger charge is 2.37. The van der Waals surface area contributed by atoms with Crippen molar-refractivity contribution in [3.8, 4) is 28.3 Å². The molecule has 2 aliphatic rings. The van der Waals surface area contributed by atoms with Crippen LogP contribution in [0.15, 0.2) is 52.1 Å². The highest BCUT2D eigenvalue weighted by Crippen LogP contribution is 2.45. The summed E-state index contributed by atoms with van der Waals surface area (Å²) in [6, 6.07) is 12.0. The number of β-amino-alcohol motifs (C(OH)–C–C–N with tert-alkyl or cyclic N) is 1. The average Bonchev–Trinajstić information content (AvgIpc) is 3.82. The smallest absolute Gasteiger partial charge is 0.451 e. The number of urea groups is 1. The number of methoxy groups -OCH3 is 1. The number of nitrogens with one attached hydrogen (secondary N) is 2. The Kier molecular flexibility index (Phi) is 12.9. The second-order valence-electron chi connectivity index (χ2n) is 14.0. The summed E-state index contributed by atoms with van der Waals surface area (Å²) in [7, 11) is 6.01. The van der Waals surface area contributed by atoms with Gasteiger partial charge in [-0.3, -0.25) is 18.8 Å². The van der Waals surface area contributed by atoms with E-state index < -0.39 is 34.7 Å². The van der Waals surface area contributed by atoms with Gasteiger partial charge in [-0.1, -0.05) is 67.4 Å². The topological polar surface area (TPSA) is 160 Å². The first-order valence-electron chi connectivity index (χ1n) is 19.0. The van der Waals surface area contributed by atoms with Crippen molar-refractivity contribution >= 4 is 51.8 Å². The molecule has 3 aromatic heterocycles. The van der Waals surface area contributed by atoms with Gasteiger partial charge in [0.2, 0.25) is 11.7 Å². The molecule has 0 radical (unpaired) electrons. The molecule has 1 aliphatic heterocycles. The second kappa shape index (κ2) is 17.6. The van der Waals surface area contributed by atoms with E-state index in [1.54, 1.807) is 36.3 Å². The number of fused-ring (bicyclic) bond motifs is 2. The fourth-order valence-electron chi connectivity index (χ4n) is 7.55. The van der Waals surface area contributed by atoms with Crippen molar-refractivity contribution in [2.45, 2.75) is 51.4 Å². The number of carbonyl (C=O) groups is 1. The lowest BCUT2D eigenvalue weighted by Gasteiger charge is -2.27. The highest BCUT2D eigenvalue weighted by atomic mass is 35.5. The quantitative estimate of drug-likeness (QED) is 0.133. The fraction of sp³-hybridized carbons (Fsp3) is 0.400. The standard InChI is InChI=1S/C38H38Cl2F3N9O5.C2H6/c1-49(14-13-20-18-52(15-16-53)36(55)44-20)26-12-11-19-17-25(46-33(57-4)27(19)26)23-9-5-7-21(29(23)39)22-8-6-10-24(30(22)40)45-31-28-32(48-35(47-31)38(41,42)43)50(2)37(56)51(3)34(28)54;1-2/h5-10,17,20,26,53H,11-16,18H2,1-4H3,(H,44,55)(H,45,47,48);1-2H3. The Hall–Kier alpha value is -5.23. The number of ether oxygens (including phenoxy) is 1. The van der Waals surface area contributed by atoms with Crippen molar-refractivity contribution in [3.63, 3.8) is 0 Å². The maximum Gasteiger partial charge on any atom is 0.451 e. The van der Waals surface area contributed by atoms with E-state index in [-0.39, 0.29) is 40.8 Å². The molecule has 2 amide bonds. The van der Waals surface area contributed by atoms with Gasteiger partial charge >= 0.3 is 17.9 Å². The average molecular weight is 859 g/mol. The first-order chi connectivity index (χ1) is 28.1. The zero-order chi connectivity index (χ0) is 42.9. The van der Waals surface area contributed by atoms with Crippen molar-refractivity contribution in [2.24, 2.45) is 14.1 Å². The van der Waals surface area contributed by atoms with Crippen LogP contribution >= 0.6 is 23.2 Å². The van der Waals surface area contributed by atoms with Crippen LogP contribution in [0.5, 0.6) is 5.88 Å². The summed E-state index contributed by atoms with van der Waals surface area (Å²) in [6.07, 6.45) is -2.66. The first kappa shape index (κ1) is 43.4. The van der Waals surface area contributed by atoms with Crippen LogP contribution < -0.4 is 26.6 Å². The summed E-state index contributed by atoms with van der Waals surface area (Å²) in [5.41, 5.74) is 1.98. The van der Waals surface area contributed by atoms with Crippen LogP contribution in [0.4, 0.5) is 29.5 Å². The maximum absolute atomic E-state index is 13.9. The third kappa shape index (κ3) is 8.33. The third-order valence-corrected chi connectivity index (χ3v) is 11.3. The number of benzene rings is 2. The SMILES string of the molecule is CC.COc1nc(-c2cccc(-c3cccc(Nc4nc(C(F)(F)F)nc5c4c(=O)n(C)c(=O)n5C)c3Cl)c2Cl)cc2c1C(N(C)CCC1CN(CCO)C(=O)N1)CC2. The molecule has 314 valence electrons. The number of nitrogens with zero attached hydrogens (tertiary/aromatic N) is 7. The molecular formula is C40H44Cl2F3N9O5. The van der Waals surface area contributed by atoms with Crippen molar-refractivity contribution in [1.29, 1.82) is 0 Å². The Labute approximate surface area is 347 Å². The number of rotatable bonds is 11. The second-order valence-corrected chi connectivity index (χ2v) is 14.7. The fourth-order valence-corrected chi connectivity index (χ4v) is 8.15. The van der Waals surface area contributed by atoms with Crippen LogP contribution in [0, 0.1) is 0 Å². The largest absolute Gasteiger partial charge is 0.481 e. The van der Waals surface area contributed by atoms with Gasteiger partial charge in [0.05, 0.1) is 35.1 Å². The molecule has 0 spiro atoms. The highest BCUT2D eigenvalue weighted by molar-refractivity contribution is 6.39. The third-order valence-electron chi connectivity index (χ3n) is 10.5. The Morgan fingerprint density at radius 1 is 1.00 bits per heavy atom. The summed E-state index contributed by atoms with van der Waals surface area (Å²) >= 11 is 14.1. The molecule has 1 aliphatic carbocycles. The summed E-state index contributed by atoms with van der Waals surface area (Å²) in [4.78, 5) is 53.9.